The van der Waals surface area contributed by atoms with Crippen molar-refractivity contribution in [1.29, 1.82) is 0 Å². The van der Waals surface area contributed by atoms with Crippen LogP contribution in [0.15, 0.2) is 24.3 Å². The second-order valence-corrected chi connectivity index (χ2v) is 5.59. The van der Waals surface area contributed by atoms with Crippen LogP contribution in [0.25, 0.3) is 0 Å². The van der Waals surface area contributed by atoms with Crippen molar-refractivity contribution in [3.8, 4) is 0 Å². The predicted octanol–water partition coefficient (Wildman–Crippen LogP) is 1.57. The Hall–Kier alpha value is -1.39. The predicted molar refractivity (Wildman–Crippen MR) is 73.2 cm³/mol. The van der Waals surface area contributed by atoms with E-state index >= 15 is 0 Å². The maximum atomic E-state index is 11.2. The average Bonchev–Trinajstić information content (AvgIpc) is 2.46. The normalized spacial score (nSPS) is 29.4. The van der Waals surface area contributed by atoms with Gasteiger partial charge in [0.2, 0.25) is 0 Å². The lowest BCUT2D eigenvalue weighted by Gasteiger charge is -2.45. The van der Waals surface area contributed by atoms with E-state index in [1.807, 2.05) is 12.1 Å². The van der Waals surface area contributed by atoms with Crippen molar-refractivity contribution >= 4 is 5.97 Å². The standard InChI is InChI=1S/C15H20N2O2/c18-15(19)13-4-2-1-3-12(13)9-16-14-10-17-7-5-11(14)6-8-17/h1-4,11,14,16H,5-10H2,(H,18,19). The molecular weight excluding hydrogens is 240 g/mol. The first-order valence-corrected chi connectivity index (χ1v) is 7.01. The molecule has 3 heterocycles. The second-order valence-electron chi connectivity index (χ2n) is 5.59. The summed E-state index contributed by atoms with van der Waals surface area (Å²) in [5.41, 5.74) is 1.29. The summed E-state index contributed by atoms with van der Waals surface area (Å²) in [5, 5.41) is 12.7. The van der Waals surface area contributed by atoms with Gasteiger partial charge in [0.25, 0.3) is 0 Å². The van der Waals surface area contributed by atoms with Crippen LogP contribution in [0.5, 0.6) is 0 Å². The number of carboxylic acid groups (broad SMARTS) is 1. The monoisotopic (exact) mass is 260 g/mol. The summed E-state index contributed by atoms with van der Waals surface area (Å²) in [6.07, 6.45) is 2.55. The van der Waals surface area contributed by atoms with Crippen LogP contribution in [0.2, 0.25) is 0 Å². The van der Waals surface area contributed by atoms with Gasteiger partial charge in [-0.15, -0.1) is 0 Å². The molecule has 0 spiro atoms. The van der Waals surface area contributed by atoms with Crippen LogP contribution in [-0.4, -0.2) is 41.7 Å². The zero-order valence-electron chi connectivity index (χ0n) is 11.0. The van der Waals surface area contributed by atoms with Crippen LogP contribution in [0.1, 0.15) is 28.8 Å². The molecule has 2 bridgehead atoms. The second kappa shape index (κ2) is 5.31. The number of fused-ring (bicyclic) bond motifs is 3. The van der Waals surface area contributed by atoms with Crippen molar-refractivity contribution in [2.75, 3.05) is 19.6 Å². The largest absolute Gasteiger partial charge is 0.478 e. The fourth-order valence-electron chi connectivity index (χ4n) is 3.32. The average molecular weight is 260 g/mol. The third kappa shape index (κ3) is 2.65. The number of benzene rings is 1. The number of hydrogen-bond acceptors (Lipinski definition) is 3. The van der Waals surface area contributed by atoms with Gasteiger partial charge >= 0.3 is 5.97 Å². The van der Waals surface area contributed by atoms with E-state index in [4.69, 9.17) is 0 Å². The topological polar surface area (TPSA) is 52.6 Å². The maximum absolute atomic E-state index is 11.2. The third-order valence-electron chi connectivity index (χ3n) is 4.46. The van der Waals surface area contributed by atoms with E-state index in [9.17, 15) is 9.90 Å². The summed E-state index contributed by atoms with van der Waals surface area (Å²) >= 11 is 0. The van der Waals surface area contributed by atoms with Gasteiger partial charge in [0.1, 0.15) is 0 Å². The highest BCUT2D eigenvalue weighted by molar-refractivity contribution is 5.89. The van der Waals surface area contributed by atoms with E-state index < -0.39 is 5.97 Å². The maximum Gasteiger partial charge on any atom is 0.336 e. The first-order chi connectivity index (χ1) is 9.24. The molecule has 19 heavy (non-hydrogen) atoms. The van der Waals surface area contributed by atoms with Gasteiger partial charge in [-0.3, -0.25) is 0 Å². The molecule has 1 aromatic rings. The lowest BCUT2D eigenvalue weighted by molar-refractivity contribution is 0.0687. The number of piperidine rings is 3. The van der Waals surface area contributed by atoms with Crippen molar-refractivity contribution in [1.82, 2.24) is 10.2 Å². The number of carbonyl (C=O) groups is 1. The molecular formula is C15H20N2O2. The SMILES string of the molecule is O=C(O)c1ccccc1CNC1CN2CCC1CC2. The highest BCUT2D eigenvalue weighted by Crippen LogP contribution is 2.27. The first kappa shape index (κ1) is 12.6. The molecule has 0 aliphatic carbocycles. The molecule has 3 aliphatic rings. The van der Waals surface area contributed by atoms with E-state index in [2.05, 4.69) is 10.2 Å². The molecule has 0 saturated carbocycles. The number of nitrogens with zero attached hydrogens (tertiary/aromatic N) is 1. The molecule has 3 aliphatic heterocycles. The number of rotatable bonds is 4. The van der Waals surface area contributed by atoms with Gasteiger partial charge in [0.05, 0.1) is 5.56 Å². The number of hydrogen-bond donors (Lipinski definition) is 2. The van der Waals surface area contributed by atoms with Gasteiger partial charge in [-0.25, -0.2) is 4.79 Å². The van der Waals surface area contributed by atoms with Crippen molar-refractivity contribution in [2.45, 2.75) is 25.4 Å². The minimum Gasteiger partial charge on any atom is -0.478 e. The van der Waals surface area contributed by atoms with Crippen LogP contribution in [0.3, 0.4) is 0 Å². The van der Waals surface area contributed by atoms with Crippen molar-refractivity contribution in [2.24, 2.45) is 5.92 Å². The highest BCUT2D eigenvalue weighted by Gasteiger charge is 2.33. The Bertz CT molecular complexity index is 467. The van der Waals surface area contributed by atoms with Crippen molar-refractivity contribution in [3.63, 3.8) is 0 Å². The highest BCUT2D eigenvalue weighted by atomic mass is 16.4. The molecule has 1 aromatic carbocycles. The lowest BCUT2D eigenvalue weighted by Crippen LogP contribution is -2.55. The van der Waals surface area contributed by atoms with E-state index in [0.29, 0.717) is 18.2 Å². The Morgan fingerprint density at radius 3 is 2.68 bits per heavy atom. The molecule has 1 atom stereocenters. The number of nitrogens with one attached hydrogen (secondary N) is 1. The lowest BCUT2D eigenvalue weighted by atomic mass is 9.84. The number of carboxylic acids is 1. The Balaban J connectivity index is 1.65. The van der Waals surface area contributed by atoms with Crippen LogP contribution in [0, 0.1) is 5.92 Å². The quantitative estimate of drug-likeness (QED) is 0.863. The molecule has 3 fully saturated rings. The summed E-state index contributed by atoms with van der Waals surface area (Å²) < 4.78 is 0. The third-order valence-corrected chi connectivity index (χ3v) is 4.46. The fraction of sp³-hybridized carbons (Fsp3) is 0.533. The number of aromatic carboxylic acids is 1. The van der Waals surface area contributed by atoms with Crippen LogP contribution in [0.4, 0.5) is 0 Å². The van der Waals surface area contributed by atoms with Gasteiger partial charge < -0.3 is 15.3 Å². The van der Waals surface area contributed by atoms with Crippen LogP contribution < -0.4 is 5.32 Å². The molecule has 2 N–H and O–H groups in total. The molecule has 4 nitrogen and oxygen atoms in total. The van der Waals surface area contributed by atoms with Crippen LogP contribution in [-0.2, 0) is 6.54 Å². The molecule has 4 rings (SSSR count). The zero-order valence-corrected chi connectivity index (χ0v) is 11.0. The van der Waals surface area contributed by atoms with Gasteiger partial charge in [-0.1, -0.05) is 18.2 Å². The summed E-state index contributed by atoms with van der Waals surface area (Å²) in [4.78, 5) is 13.7. The van der Waals surface area contributed by atoms with E-state index in [0.717, 1.165) is 18.0 Å². The van der Waals surface area contributed by atoms with Gasteiger partial charge in [-0.05, 0) is 43.5 Å². The Morgan fingerprint density at radius 2 is 2.05 bits per heavy atom. The van der Waals surface area contributed by atoms with Gasteiger partial charge in [0.15, 0.2) is 0 Å². The Kier molecular flexibility index (Phi) is 3.53. The van der Waals surface area contributed by atoms with Gasteiger partial charge in [-0.2, -0.15) is 0 Å². The summed E-state index contributed by atoms with van der Waals surface area (Å²) in [7, 11) is 0. The molecule has 0 amide bonds. The zero-order chi connectivity index (χ0) is 13.2. The molecule has 4 heteroatoms. The van der Waals surface area contributed by atoms with Crippen molar-refractivity contribution < 1.29 is 9.90 Å². The smallest absolute Gasteiger partial charge is 0.336 e. The minimum absolute atomic E-state index is 0.413. The molecule has 0 radical (unpaired) electrons. The Labute approximate surface area is 113 Å². The Morgan fingerprint density at radius 1 is 1.32 bits per heavy atom. The minimum atomic E-state index is -0.841. The van der Waals surface area contributed by atoms with Crippen molar-refractivity contribution in [3.05, 3.63) is 35.4 Å². The van der Waals surface area contributed by atoms with E-state index in [1.54, 1.807) is 12.1 Å². The molecule has 102 valence electrons. The van der Waals surface area contributed by atoms with Gasteiger partial charge in [0, 0.05) is 19.1 Å². The fourth-order valence-corrected chi connectivity index (χ4v) is 3.32. The summed E-state index contributed by atoms with van der Waals surface area (Å²) in [5.74, 6) is -0.0756. The molecule has 0 aromatic heterocycles. The first-order valence-electron chi connectivity index (χ1n) is 7.01. The van der Waals surface area contributed by atoms with E-state index in [1.165, 1.54) is 25.9 Å². The summed E-state index contributed by atoms with van der Waals surface area (Å²) in [6.45, 7) is 4.22. The van der Waals surface area contributed by atoms with Crippen LogP contribution >= 0.6 is 0 Å². The molecule has 3 saturated heterocycles. The summed E-state index contributed by atoms with van der Waals surface area (Å²) in [6, 6.07) is 7.78. The molecule has 1 unspecified atom stereocenters. The van der Waals surface area contributed by atoms with E-state index in [-0.39, 0.29) is 0 Å².